The second-order valence-corrected chi connectivity index (χ2v) is 5.26. The van der Waals surface area contributed by atoms with Crippen LogP contribution in [0.2, 0.25) is 5.02 Å². The van der Waals surface area contributed by atoms with Gasteiger partial charge in [0.2, 0.25) is 0 Å². The van der Waals surface area contributed by atoms with Gasteiger partial charge in [-0.3, -0.25) is 0 Å². The molecule has 1 heterocycles. The molecule has 0 saturated carbocycles. The zero-order valence-electron chi connectivity index (χ0n) is 8.71. The fraction of sp³-hybridized carbons (Fsp3) is 0.455. The number of benzene rings is 1. The van der Waals surface area contributed by atoms with E-state index in [-0.39, 0.29) is 6.10 Å². The molecule has 1 aromatic rings. The second kappa shape index (κ2) is 6.05. The van der Waals surface area contributed by atoms with Crippen molar-refractivity contribution in [2.24, 2.45) is 0 Å². The second-order valence-electron chi connectivity index (χ2n) is 3.61. The third kappa shape index (κ3) is 3.48. The lowest BCUT2D eigenvalue weighted by atomic mass is 10.2. The fourth-order valence-corrected chi connectivity index (χ4v) is 2.44. The maximum Gasteiger partial charge on any atom is 0.147 e. The largest absolute Gasteiger partial charge is 0.381 e. The summed E-state index contributed by atoms with van der Waals surface area (Å²) < 4.78 is 11.7. The van der Waals surface area contributed by atoms with Gasteiger partial charge >= 0.3 is 0 Å². The summed E-state index contributed by atoms with van der Waals surface area (Å²) in [6.07, 6.45) is 1.14. The van der Waals surface area contributed by atoms with Crippen LogP contribution in [0.15, 0.2) is 18.2 Å². The van der Waals surface area contributed by atoms with E-state index >= 15 is 0 Å². The first kappa shape index (κ1) is 12.4. The first-order valence-corrected chi connectivity index (χ1v) is 6.59. The van der Waals surface area contributed by atoms with Crippen molar-refractivity contribution in [2.75, 3.05) is 25.3 Å². The van der Waals surface area contributed by atoms with E-state index in [1.165, 1.54) is 0 Å². The Balaban J connectivity index is 1.88. The van der Waals surface area contributed by atoms with Crippen molar-refractivity contribution in [2.45, 2.75) is 12.5 Å². The van der Waals surface area contributed by atoms with Crippen LogP contribution in [0.5, 0.6) is 0 Å². The first-order chi connectivity index (χ1) is 7.75. The van der Waals surface area contributed by atoms with E-state index in [9.17, 15) is 0 Å². The predicted molar refractivity (Wildman–Crippen MR) is 73.0 cm³/mol. The molecule has 1 fully saturated rings. The third-order valence-electron chi connectivity index (χ3n) is 2.42. The Bertz CT molecular complexity index is 356. The molecule has 1 saturated heterocycles. The Kier molecular flexibility index (Phi) is 4.69. The molecule has 0 aromatic heterocycles. The highest BCUT2D eigenvalue weighted by molar-refractivity contribution is 14.1. The Morgan fingerprint density at radius 3 is 3.06 bits per heavy atom. The van der Waals surface area contributed by atoms with E-state index in [4.69, 9.17) is 21.1 Å². The van der Waals surface area contributed by atoms with Crippen molar-refractivity contribution in [1.82, 2.24) is 0 Å². The van der Waals surface area contributed by atoms with Crippen molar-refractivity contribution in [3.63, 3.8) is 0 Å². The van der Waals surface area contributed by atoms with Crippen LogP contribution in [-0.4, -0.2) is 26.0 Å². The summed E-state index contributed by atoms with van der Waals surface area (Å²) in [6, 6.07) is 5.96. The minimum absolute atomic E-state index is 0.212. The van der Waals surface area contributed by atoms with E-state index < -0.39 is 0 Å². The molecule has 88 valence electrons. The molecular weight excluding hydrogens is 340 g/mol. The molecule has 1 N–H and O–H groups in total. The summed E-state index contributed by atoms with van der Waals surface area (Å²) in [5.41, 5.74) is 0.956. The van der Waals surface area contributed by atoms with Gasteiger partial charge < -0.3 is 14.8 Å². The van der Waals surface area contributed by atoms with Gasteiger partial charge in [0.1, 0.15) is 6.79 Å². The van der Waals surface area contributed by atoms with Gasteiger partial charge in [-0.1, -0.05) is 11.6 Å². The van der Waals surface area contributed by atoms with Crippen LogP contribution in [0.3, 0.4) is 0 Å². The lowest BCUT2D eigenvalue weighted by Gasteiger charge is -2.23. The monoisotopic (exact) mass is 353 g/mol. The van der Waals surface area contributed by atoms with Crippen molar-refractivity contribution < 1.29 is 9.47 Å². The molecule has 1 aromatic carbocycles. The lowest BCUT2D eigenvalue weighted by molar-refractivity contribution is -0.133. The minimum atomic E-state index is 0.212. The van der Waals surface area contributed by atoms with Crippen molar-refractivity contribution in [3.8, 4) is 0 Å². The Hall–Kier alpha value is -0.0400. The summed E-state index contributed by atoms with van der Waals surface area (Å²) in [7, 11) is 0. The standard InChI is InChI=1S/C11H13ClINO2/c12-10-5-8(13)1-2-11(10)14-6-9-3-4-15-7-16-9/h1-2,5,9,14H,3-4,6-7H2. The molecule has 3 nitrogen and oxygen atoms in total. The van der Waals surface area contributed by atoms with Crippen molar-refractivity contribution in [3.05, 3.63) is 26.8 Å². The molecule has 5 heteroatoms. The maximum absolute atomic E-state index is 6.11. The van der Waals surface area contributed by atoms with Crippen LogP contribution in [0, 0.1) is 3.57 Å². The van der Waals surface area contributed by atoms with Gasteiger partial charge in [0.25, 0.3) is 0 Å². The van der Waals surface area contributed by atoms with E-state index in [0.29, 0.717) is 6.79 Å². The molecular formula is C11H13ClINO2. The van der Waals surface area contributed by atoms with Gasteiger partial charge in [-0.2, -0.15) is 0 Å². The molecule has 16 heavy (non-hydrogen) atoms. The molecule has 0 spiro atoms. The highest BCUT2D eigenvalue weighted by Gasteiger charge is 2.14. The number of hydrogen-bond acceptors (Lipinski definition) is 3. The van der Waals surface area contributed by atoms with Crippen LogP contribution >= 0.6 is 34.2 Å². The van der Waals surface area contributed by atoms with E-state index in [2.05, 4.69) is 27.9 Å². The van der Waals surface area contributed by atoms with Crippen LogP contribution in [0.25, 0.3) is 0 Å². The number of nitrogens with one attached hydrogen (secondary N) is 1. The molecule has 0 aliphatic carbocycles. The highest BCUT2D eigenvalue weighted by Crippen LogP contribution is 2.24. The summed E-state index contributed by atoms with van der Waals surface area (Å²) in [5.74, 6) is 0. The van der Waals surface area contributed by atoms with Crippen LogP contribution in [0.4, 0.5) is 5.69 Å². The first-order valence-electron chi connectivity index (χ1n) is 5.14. The van der Waals surface area contributed by atoms with E-state index in [0.717, 1.165) is 33.9 Å². The van der Waals surface area contributed by atoms with Gasteiger partial charge in [-0.25, -0.2) is 0 Å². The maximum atomic E-state index is 6.11. The zero-order valence-corrected chi connectivity index (χ0v) is 11.6. The molecule has 2 rings (SSSR count). The zero-order chi connectivity index (χ0) is 11.4. The average Bonchev–Trinajstić information content (AvgIpc) is 2.29. The molecule has 1 aliphatic rings. The molecule has 1 aliphatic heterocycles. The Morgan fingerprint density at radius 2 is 2.38 bits per heavy atom. The van der Waals surface area contributed by atoms with Crippen molar-refractivity contribution in [1.29, 1.82) is 0 Å². The summed E-state index contributed by atoms with van der Waals surface area (Å²) in [4.78, 5) is 0. The molecule has 1 unspecified atom stereocenters. The van der Waals surface area contributed by atoms with E-state index in [1.54, 1.807) is 0 Å². The van der Waals surface area contributed by atoms with Crippen LogP contribution < -0.4 is 5.32 Å². The van der Waals surface area contributed by atoms with Crippen molar-refractivity contribution >= 4 is 39.9 Å². The quantitative estimate of drug-likeness (QED) is 0.847. The normalized spacial score (nSPS) is 20.8. The number of hydrogen-bond donors (Lipinski definition) is 1. The van der Waals surface area contributed by atoms with Gasteiger partial charge in [0, 0.05) is 10.1 Å². The van der Waals surface area contributed by atoms with Gasteiger partial charge in [0.15, 0.2) is 0 Å². The molecule has 1 atom stereocenters. The SMILES string of the molecule is Clc1cc(I)ccc1NCC1CCOCO1. The average molecular weight is 354 g/mol. The Morgan fingerprint density at radius 1 is 1.50 bits per heavy atom. The topological polar surface area (TPSA) is 30.5 Å². The van der Waals surface area contributed by atoms with Gasteiger partial charge in [0.05, 0.1) is 23.4 Å². The highest BCUT2D eigenvalue weighted by atomic mass is 127. The fourth-order valence-electron chi connectivity index (χ4n) is 1.52. The van der Waals surface area contributed by atoms with Crippen LogP contribution in [0.1, 0.15) is 6.42 Å². The summed E-state index contributed by atoms with van der Waals surface area (Å²) in [5, 5.41) is 4.04. The molecule has 0 radical (unpaired) electrons. The number of anilines is 1. The molecule has 0 bridgehead atoms. The summed E-state index contributed by atoms with van der Waals surface area (Å²) >= 11 is 8.35. The minimum Gasteiger partial charge on any atom is -0.381 e. The molecule has 0 amide bonds. The van der Waals surface area contributed by atoms with Crippen LogP contribution in [-0.2, 0) is 9.47 Å². The number of halogens is 2. The predicted octanol–water partition coefficient (Wildman–Crippen LogP) is 3.12. The van der Waals surface area contributed by atoms with Gasteiger partial charge in [-0.15, -0.1) is 0 Å². The smallest absolute Gasteiger partial charge is 0.147 e. The summed E-state index contributed by atoms with van der Waals surface area (Å²) in [6.45, 7) is 1.93. The van der Waals surface area contributed by atoms with Gasteiger partial charge in [-0.05, 0) is 47.2 Å². The van der Waals surface area contributed by atoms with E-state index in [1.807, 2.05) is 18.2 Å². The Labute approximate surface area is 114 Å². The number of rotatable bonds is 3. The lowest BCUT2D eigenvalue weighted by Crippen LogP contribution is -2.30. The third-order valence-corrected chi connectivity index (χ3v) is 3.41. The number of ether oxygens (including phenoxy) is 2.